The van der Waals surface area contributed by atoms with Crippen molar-refractivity contribution in [1.29, 1.82) is 0 Å². The Kier molecular flexibility index (Phi) is 8.78. The predicted octanol–water partition coefficient (Wildman–Crippen LogP) is 6.27. The molecule has 0 aliphatic carbocycles. The van der Waals surface area contributed by atoms with Gasteiger partial charge in [-0.05, 0) is 56.7 Å². The average molecular weight is 499 g/mol. The van der Waals surface area contributed by atoms with Gasteiger partial charge in [0, 0.05) is 19.6 Å². The third-order valence-corrected chi connectivity index (χ3v) is 6.71. The summed E-state index contributed by atoms with van der Waals surface area (Å²) in [5.74, 6) is 0.0825. The Labute approximate surface area is 221 Å². The molecule has 1 aliphatic heterocycles. The van der Waals surface area contributed by atoms with Crippen LogP contribution in [0.5, 0.6) is 0 Å². The normalized spacial score (nSPS) is 16.5. The van der Waals surface area contributed by atoms with E-state index in [9.17, 15) is 9.59 Å². The van der Waals surface area contributed by atoms with Crippen molar-refractivity contribution in [2.24, 2.45) is 0 Å². The molecular weight excluding hydrogens is 460 g/mol. The first-order chi connectivity index (χ1) is 17.8. The number of carbonyl (C=O) groups is 2. The highest BCUT2D eigenvalue weighted by Crippen LogP contribution is 2.26. The van der Waals surface area contributed by atoms with Gasteiger partial charge in [0.1, 0.15) is 5.60 Å². The first-order valence-electron chi connectivity index (χ1n) is 13.2. The molecule has 0 N–H and O–H groups in total. The molecule has 1 saturated heterocycles. The second kappa shape index (κ2) is 12.2. The summed E-state index contributed by atoms with van der Waals surface area (Å²) >= 11 is 0. The van der Waals surface area contributed by atoms with Crippen LogP contribution in [0.15, 0.2) is 91.0 Å². The van der Waals surface area contributed by atoms with E-state index in [0.717, 1.165) is 23.1 Å². The minimum atomic E-state index is -0.608. The van der Waals surface area contributed by atoms with E-state index in [-0.39, 0.29) is 5.78 Å². The molecule has 0 saturated carbocycles. The molecule has 0 bridgehead atoms. The summed E-state index contributed by atoms with van der Waals surface area (Å²) in [6.07, 6.45) is 1.64. The van der Waals surface area contributed by atoms with Crippen molar-refractivity contribution in [1.82, 2.24) is 9.80 Å². The summed E-state index contributed by atoms with van der Waals surface area (Å²) in [5, 5.41) is 0. The van der Waals surface area contributed by atoms with Crippen LogP contribution in [0, 0.1) is 0 Å². The zero-order chi connectivity index (χ0) is 26.3. The van der Waals surface area contributed by atoms with Crippen LogP contribution >= 0.6 is 0 Å². The van der Waals surface area contributed by atoms with E-state index in [0.29, 0.717) is 32.5 Å². The molecule has 2 atom stereocenters. The van der Waals surface area contributed by atoms with Gasteiger partial charge in [-0.3, -0.25) is 14.6 Å². The van der Waals surface area contributed by atoms with Gasteiger partial charge in [0.25, 0.3) is 0 Å². The Hall–Kier alpha value is -3.44. The maximum atomic E-state index is 14.4. The number of likely N-dealkylation sites (tertiary alicyclic amines) is 1. The smallest absolute Gasteiger partial charge is 0.410 e. The van der Waals surface area contributed by atoms with Crippen molar-refractivity contribution in [3.63, 3.8) is 0 Å². The highest BCUT2D eigenvalue weighted by molar-refractivity contribution is 5.92. The van der Waals surface area contributed by atoms with E-state index >= 15 is 0 Å². The van der Waals surface area contributed by atoms with Crippen LogP contribution in [0.3, 0.4) is 0 Å². The molecule has 0 radical (unpaired) electrons. The standard InChI is InChI=1S/C32H38N2O3/c1-32(2,3)37-31(36)34-21-13-20-28(34)30(35)29(22-25-14-7-4-8-15-25)33(23-26-16-9-5-10-17-26)24-27-18-11-6-12-19-27/h4-12,14-19,28-29H,13,20-24H2,1-3H3. The van der Waals surface area contributed by atoms with E-state index in [2.05, 4.69) is 41.3 Å². The highest BCUT2D eigenvalue weighted by Gasteiger charge is 2.41. The lowest BCUT2D eigenvalue weighted by Crippen LogP contribution is -2.52. The zero-order valence-electron chi connectivity index (χ0n) is 22.2. The van der Waals surface area contributed by atoms with Crippen LogP contribution in [0.4, 0.5) is 4.79 Å². The number of benzene rings is 3. The molecule has 4 rings (SSSR count). The molecule has 5 nitrogen and oxygen atoms in total. The molecular formula is C32H38N2O3. The Morgan fingerprint density at radius 2 is 1.32 bits per heavy atom. The van der Waals surface area contributed by atoms with E-state index in [1.807, 2.05) is 75.4 Å². The second-order valence-corrected chi connectivity index (χ2v) is 10.8. The van der Waals surface area contributed by atoms with Gasteiger partial charge in [0.2, 0.25) is 0 Å². The van der Waals surface area contributed by atoms with Crippen molar-refractivity contribution in [2.75, 3.05) is 6.54 Å². The van der Waals surface area contributed by atoms with Crippen molar-refractivity contribution < 1.29 is 14.3 Å². The Morgan fingerprint density at radius 3 is 1.81 bits per heavy atom. The van der Waals surface area contributed by atoms with Gasteiger partial charge in [0.15, 0.2) is 5.78 Å². The summed E-state index contributed by atoms with van der Waals surface area (Å²) in [6.45, 7) is 7.39. The predicted molar refractivity (Wildman–Crippen MR) is 147 cm³/mol. The van der Waals surface area contributed by atoms with Crippen LogP contribution in [0.1, 0.15) is 50.3 Å². The van der Waals surface area contributed by atoms with Gasteiger partial charge in [0.05, 0.1) is 12.1 Å². The number of carbonyl (C=O) groups excluding carboxylic acids is 2. The fraction of sp³-hybridized carbons (Fsp3) is 0.375. The lowest BCUT2D eigenvalue weighted by molar-refractivity contribution is -0.129. The molecule has 0 aromatic heterocycles. The quantitative estimate of drug-likeness (QED) is 0.349. The second-order valence-electron chi connectivity index (χ2n) is 10.8. The number of nitrogens with zero attached hydrogens (tertiary/aromatic N) is 2. The SMILES string of the molecule is CC(C)(C)OC(=O)N1CCCC1C(=O)C(Cc1ccccc1)N(Cc1ccccc1)Cc1ccccc1. The van der Waals surface area contributed by atoms with Crippen molar-refractivity contribution in [2.45, 2.75) is 70.8 Å². The Balaban J connectivity index is 1.67. The third kappa shape index (κ3) is 7.53. The highest BCUT2D eigenvalue weighted by atomic mass is 16.6. The summed E-state index contributed by atoms with van der Waals surface area (Å²) in [4.78, 5) is 31.3. The van der Waals surface area contributed by atoms with Gasteiger partial charge in [-0.2, -0.15) is 0 Å². The fourth-order valence-electron chi connectivity index (χ4n) is 4.98. The molecule has 3 aromatic rings. The van der Waals surface area contributed by atoms with Gasteiger partial charge in [-0.25, -0.2) is 4.79 Å². The lowest BCUT2D eigenvalue weighted by atomic mass is 9.94. The van der Waals surface area contributed by atoms with E-state index in [1.165, 1.54) is 0 Å². The van der Waals surface area contributed by atoms with E-state index in [1.54, 1.807) is 4.90 Å². The molecule has 1 amide bonds. The van der Waals surface area contributed by atoms with Crippen LogP contribution in [0.2, 0.25) is 0 Å². The minimum Gasteiger partial charge on any atom is -0.444 e. The van der Waals surface area contributed by atoms with Gasteiger partial charge in [-0.1, -0.05) is 91.0 Å². The van der Waals surface area contributed by atoms with Gasteiger partial charge < -0.3 is 4.74 Å². The van der Waals surface area contributed by atoms with Crippen LogP contribution in [-0.2, 0) is 29.0 Å². The molecule has 1 heterocycles. The maximum absolute atomic E-state index is 14.4. The topological polar surface area (TPSA) is 49.9 Å². The number of Topliss-reactive ketones (excluding diaryl/α,β-unsaturated/α-hetero) is 1. The van der Waals surface area contributed by atoms with Gasteiger partial charge in [-0.15, -0.1) is 0 Å². The molecule has 1 fully saturated rings. The van der Waals surface area contributed by atoms with Crippen molar-refractivity contribution in [3.05, 3.63) is 108 Å². The van der Waals surface area contributed by atoms with Gasteiger partial charge >= 0.3 is 6.09 Å². The monoisotopic (exact) mass is 498 g/mol. The van der Waals surface area contributed by atoms with Crippen molar-refractivity contribution >= 4 is 11.9 Å². The Bertz CT molecular complexity index is 1100. The number of ether oxygens (including phenoxy) is 1. The zero-order valence-corrected chi connectivity index (χ0v) is 22.2. The molecule has 5 heteroatoms. The lowest BCUT2D eigenvalue weighted by Gasteiger charge is -2.35. The van der Waals surface area contributed by atoms with Crippen molar-refractivity contribution in [3.8, 4) is 0 Å². The first kappa shape index (κ1) is 26.6. The summed E-state index contributed by atoms with van der Waals surface area (Å²) in [5.41, 5.74) is 2.80. The number of hydrogen-bond donors (Lipinski definition) is 0. The molecule has 194 valence electrons. The minimum absolute atomic E-state index is 0.0825. The molecule has 3 aromatic carbocycles. The molecule has 37 heavy (non-hydrogen) atoms. The average Bonchev–Trinajstić information content (AvgIpc) is 3.38. The summed E-state index contributed by atoms with van der Waals surface area (Å²) in [6, 6.07) is 29.8. The summed E-state index contributed by atoms with van der Waals surface area (Å²) < 4.78 is 5.67. The molecule has 1 aliphatic rings. The van der Waals surface area contributed by atoms with Crippen LogP contribution in [-0.4, -0.2) is 45.9 Å². The third-order valence-electron chi connectivity index (χ3n) is 6.71. The van der Waals surface area contributed by atoms with Crippen LogP contribution in [0.25, 0.3) is 0 Å². The number of rotatable bonds is 9. The van der Waals surface area contributed by atoms with E-state index in [4.69, 9.17) is 4.74 Å². The molecule has 2 unspecified atom stereocenters. The number of hydrogen-bond acceptors (Lipinski definition) is 4. The van der Waals surface area contributed by atoms with E-state index < -0.39 is 23.8 Å². The largest absolute Gasteiger partial charge is 0.444 e. The fourth-order valence-corrected chi connectivity index (χ4v) is 4.98. The van der Waals surface area contributed by atoms with Crippen LogP contribution < -0.4 is 0 Å². The maximum Gasteiger partial charge on any atom is 0.410 e. The summed E-state index contributed by atoms with van der Waals surface area (Å²) in [7, 11) is 0. The molecule has 0 spiro atoms. The number of amides is 1. The Morgan fingerprint density at radius 1 is 0.838 bits per heavy atom. The number of ketones is 1. The first-order valence-corrected chi connectivity index (χ1v) is 13.2.